The zero-order valence-corrected chi connectivity index (χ0v) is 11.1. The molecule has 1 heterocycles. The van der Waals surface area contributed by atoms with E-state index in [0.717, 1.165) is 6.42 Å². The zero-order valence-electron chi connectivity index (χ0n) is 11.1. The van der Waals surface area contributed by atoms with Crippen LogP contribution in [0.2, 0.25) is 0 Å². The van der Waals surface area contributed by atoms with Gasteiger partial charge >= 0.3 is 12.0 Å². The Morgan fingerprint density at radius 3 is 2.68 bits per heavy atom. The van der Waals surface area contributed by atoms with Crippen LogP contribution in [0, 0.1) is 0 Å². The summed E-state index contributed by atoms with van der Waals surface area (Å²) in [5, 5.41) is 30.0. The second-order valence-corrected chi connectivity index (χ2v) is 5.21. The van der Waals surface area contributed by atoms with Gasteiger partial charge in [0.25, 0.3) is 0 Å². The van der Waals surface area contributed by atoms with Gasteiger partial charge in [-0.1, -0.05) is 0 Å². The number of rotatable bonds is 4. The minimum absolute atomic E-state index is 0.0212. The Morgan fingerprint density at radius 2 is 2.05 bits per heavy atom. The topological polar surface area (TPSA) is 110 Å². The number of hydrogen-bond donors (Lipinski definition) is 4. The first-order valence-corrected chi connectivity index (χ1v) is 6.48. The Morgan fingerprint density at radius 1 is 1.37 bits per heavy atom. The summed E-state index contributed by atoms with van der Waals surface area (Å²) in [5.41, 5.74) is -0.728. The van der Waals surface area contributed by atoms with Crippen molar-refractivity contribution >= 4 is 12.0 Å². The normalized spacial score (nSPS) is 25.5. The molecule has 1 aliphatic heterocycles. The van der Waals surface area contributed by atoms with E-state index in [1.165, 1.54) is 0 Å². The molecular weight excluding hydrogens is 252 g/mol. The fourth-order valence-corrected chi connectivity index (χ4v) is 2.02. The maximum atomic E-state index is 11.8. The van der Waals surface area contributed by atoms with Crippen molar-refractivity contribution in [3.05, 3.63) is 0 Å². The van der Waals surface area contributed by atoms with Gasteiger partial charge in [-0.3, -0.25) is 0 Å². The number of carbonyl (C=O) groups excluding carboxylic acids is 1. The number of amides is 2. The highest BCUT2D eigenvalue weighted by Gasteiger charge is 2.26. The van der Waals surface area contributed by atoms with Crippen LogP contribution in [-0.4, -0.2) is 63.6 Å². The van der Waals surface area contributed by atoms with Crippen LogP contribution in [-0.2, 0) is 4.79 Å². The van der Waals surface area contributed by atoms with E-state index in [0.29, 0.717) is 25.9 Å². The van der Waals surface area contributed by atoms with Crippen LogP contribution < -0.4 is 5.32 Å². The van der Waals surface area contributed by atoms with Crippen LogP contribution in [0.4, 0.5) is 4.79 Å². The molecule has 0 aromatic rings. The first kappa shape index (κ1) is 15.7. The lowest BCUT2D eigenvalue weighted by Gasteiger charge is -2.23. The highest BCUT2D eigenvalue weighted by molar-refractivity contribution is 5.74. The quantitative estimate of drug-likeness (QED) is 0.566. The lowest BCUT2D eigenvalue weighted by molar-refractivity contribution is -0.146. The summed E-state index contributed by atoms with van der Waals surface area (Å²) in [5.74, 6) is -1.29. The third kappa shape index (κ3) is 5.44. The summed E-state index contributed by atoms with van der Waals surface area (Å²) in [4.78, 5) is 23.8. The molecule has 0 aliphatic carbocycles. The molecule has 2 amide bonds. The fourth-order valence-electron chi connectivity index (χ4n) is 2.02. The second-order valence-electron chi connectivity index (χ2n) is 5.21. The van der Waals surface area contributed by atoms with E-state index in [1.54, 1.807) is 11.8 Å². The molecule has 2 atom stereocenters. The van der Waals surface area contributed by atoms with E-state index in [9.17, 15) is 14.7 Å². The number of aliphatic hydroxyl groups excluding tert-OH is 1. The molecule has 0 saturated carbocycles. The Labute approximate surface area is 112 Å². The molecule has 0 radical (unpaired) electrons. The second kappa shape index (κ2) is 6.72. The van der Waals surface area contributed by atoms with Gasteiger partial charge in [0.2, 0.25) is 0 Å². The maximum Gasteiger partial charge on any atom is 0.332 e. The number of nitrogens with zero attached hydrogens (tertiary/aromatic N) is 1. The SMILES string of the molecule is CC1(O)CCCN(C(=O)NCCC(O)C(=O)O)CC1. The van der Waals surface area contributed by atoms with Gasteiger partial charge in [-0.25, -0.2) is 9.59 Å². The number of hydrogen-bond acceptors (Lipinski definition) is 4. The van der Waals surface area contributed by atoms with E-state index in [4.69, 9.17) is 10.2 Å². The van der Waals surface area contributed by atoms with Gasteiger partial charge in [0.1, 0.15) is 0 Å². The molecule has 4 N–H and O–H groups in total. The largest absolute Gasteiger partial charge is 0.479 e. The highest BCUT2D eigenvalue weighted by atomic mass is 16.4. The molecule has 0 aromatic carbocycles. The number of carboxylic acids is 1. The predicted octanol–water partition coefficient (Wildman–Crippen LogP) is -0.231. The number of carboxylic acid groups (broad SMARTS) is 1. The summed E-state index contributed by atoms with van der Waals surface area (Å²) in [7, 11) is 0. The molecule has 0 bridgehead atoms. The van der Waals surface area contributed by atoms with E-state index >= 15 is 0 Å². The van der Waals surface area contributed by atoms with Gasteiger partial charge in [-0.05, 0) is 26.2 Å². The van der Waals surface area contributed by atoms with Crippen molar-refractivity contribution in [2.45, 2.75) is 44.3 Å². The van der Waals surface area contributed by atoms with E-state index < -0.39 is 17.7 Å². The van der Waals surface area contributed by atoms with Crippen molar-refractivity contribution in [2.75, 3.05) is 19.6 Å². The maximum absolute atomic E-state index is 11.8. The minimum atomic E-state index is -1.45. The summed E-state index contributed by atoms with van der Waals surface area (Å²) in [6, 6.07) is -0.282. The van der Waals surface area contributed by atoms with Crippen molar-refractivity contribution in [1.29, 1.82) is 0 Å². The van der Waals surface area contributed by atoms with Crippen molar-refractivity contribution in [3.8, 4) is 0 Å². The van der Waals surface area contributed by atoms with Crippen molar-refractivity contribution in [3.63, 3.8) is 0 Å². The number of carbonyl (C=O) groups is 2. The lowest BCUT2D eigenvalue weighted by atomic mass is 9.98. The van der Waals surface area contributed by atoms with Gasteiger partial charge in [-0.15, -0.1) is 0 Å². The molecular formula is C12H22N2O5. The average molecular weight is 274 g/mol. The van der Waals surface area contributed by atoms with Crippen LogP contribution in [0.25, 0.3) is 0 Å². The summed E-state index contributed by atoms with van der Waals surface area (Å²) < 4.78 is 0. The van der Waals surface area contributed by atoms with Crippen LogP contribution in [0.5, 0.6) is 0 Å². The van der Waals surface area contributed by atoms with E-state index in [1.807, 2.05) is 0 Å². The van der Waals surface area contributed by atoms with Gasteiger partial charge < -0.3 is 25.5 Å². The molecule has 1 aliphatic rings. The average Bonchev–Trinajstić information content (AvgIpc) is 2.49. The molecule has 1 fully saturated rings. The molecule has 2 unspecified atom stereocenters. The lowest BCUT2D eigenvalue weighted by Crippen LogP contribution is -2.42. The number of urea groups is 1. The van der Waals surface area contributed by atoms with Gasteiger partial charge in [0.15, 0.2) is 6.10 Å². The predicted molar refractivity (Wildman–Crippen MR) is 67.7 cm³/mol. The summed E-state index contributed by atoms with van der Waals surface area (Å²) >= 11 is 0. The Hall–Kier alpha value is -1.34. The molecule has 19 heavy (non-hydrogen) atoms. The van der Waals surface area contributed by atoms with Gasteiger partial charge in [-0.2, -0.15) is 0 Å². The van der Waals surface area contributed by atoms with E-state index in [-0.39, 0.29) is 19.0 Å². The number of aliphatic carboxylic acids is 1. The highest BCUT2D eigenvalue weighted by Crippen LogP contribution is 2.21. The Kier molecular flexibility index (Phi) is 5.56. The summed E-state index contributed by atoms with van der Waals surface area (Å²) in [6.07, 6.45) is 0.447. The number of aliphatic hydroxyl groups is 2. The Balaban J connectivity index is 2.31. The van der Waals surface area contributed by atoms with Gasteiger partial charge in [0.05, 0.1) is 5.60 Å². The molecule has 110 valence electrons. The van der Waals surface area contributed by atoms with Crippen molar-refractivity contribution in [2.24, 2.45) is 0 Å². The minimum Gasteiger partial charge on any atom is -0.479 e. The Bertz CT molecular complexity index is 332. The zero-order chi connectivity index (χ0) is 14.5. The fraction of sp³-hybridized carbons (Fsp3) is 0.833. The van der Waals surface area contributed by atoms with Crippen molar-refractivity contribution < 1.29 is 24.9 Å². The van der Waals surface area contributed by atoms with Crippen molar-refractivity contribution in [1.82, 2.24) is 10.2 Å². The standard InChI is InChI=1S/C12H22N2O5/c1-12(19)4-2-7-14(8-5-12)11(18)13-6-3-9(15)10(16)17/h9,15,19H,2-8H2,1H3,(H,13,18)(H,16,17). The molecule has 7 heteroatoms. The number of nitrogens with one attached hydrogen (secondary N) is 1. The molecule has 1 rings (SSSR count). The first-order valence-electron chi connectivity index (χ1n) is 6.48. The molecule has 0 aromatic heterocycles. The third-order valence-electron chi connectivity index (χ3n) is 3.33. The first-order chi connectivity index (χ1) is 8.82. The van der Waals surface area contributed by atoms with Crippen LogP contribution in [0.15, 0.2) is 0 Å². The van der Waals surface area contributed by atoms with E-state index in [2.05, 4.69) is 5.32 Å². The van der Waals surface area contributed by atoms with Crippen LogP contribution in [0.3, 0.4) is 0 Å². The molecule has 7 nitrogen and oxygen atoms in total. The third-order valence-corrected chi connectivity index (χ3v) is 3.33. The number of likely N-dealkylation sites (tertiary alicyclic amines) is 1. The smallest absolute Gasteiger partial charge is 0.332 e. The monoisotopic (exact) mass is 274 g/mol. The van der Waals surface area contributed by atoms with Gasteiger partial charge in [0, 0.05) is 26.1 Å². The van der Waals surface area contributed by atoms with Crippen LogP contribution in [0.1, 0.15) is 32.6 Å². The van der Waals surface area contributed by atoms with Crippen LogP contribution >= 0.6 is 0 Å². The molecule has 0 spiro atoms. The summed E-state index contributed by atoms with van der Waals surface area (Å²) in [6.45, 7) is 2.92. The molecule has 1 saturated heterocycles.